The van der Waals surface area contributed by atoms with Gasteiger partial charge >= 0.3 is 0 Å². The topological polar surface area (TPSA) is 99.3 Å². The monoisotopic (exact) mass is 474 g/mol. The number of ether oxygens (including phenoxy) is 1. The summed E-state index contributed by atoms with van der Waals surface area (Å²) in [5.74, 6) is 0.555. The Kier molecular flexibility index (Phi) is 6.93. The van der Waals surface area contributed by atoms with Gasteiger partial charge < -0.3 is 10.1 Å². The number of hydrogen-bond donors (Lipinski definition) is 1. The molecule has 0 atom stereocenters. The Morgan fingerprint density at radius 2 is 1.85 bits per heavy atom. The fourth-order valence-electron chi connectivity index (χ4n) is 3.51. The van der Waals surface area contributed by atoms with Crippen LogP contribution < -0.4 is 10.1 Å². The number of nitrogens with one attached hydrogen (secondary N) is 1. The minimum Gasteiger partial charge on any atom is -0.495 e. The number of aryl methyl sites for hydroxylation is 1. The Morgan fingerprint density at radius 1 is 1.12 bits per heavy atom. The van der Waals surface area contributed by atoms with Gasteiger partial charge in [-0.2, -0.15) is 0 Å². The molecule has 0 saturated heterocycles. The van der Waals surface area contributed by atoms with Gasteiger partial charge in [-0.1, -0.05) is 54.2 Å². The van der Waals surface area contributed by atoms with Crippen LogP contribution in [0.25, 0.3) is 16.9 Å². The highest BCUT2D eigenvalue weighted by Gasteiger charge is 2.18. The first-order valence-corrected chi connectivity index (χ1v) is 11.4. The highest BCUT2D eigenvalue weighted by Crippen LogP contribution is 2.34. The Morgan fingerprint density at radius 3 is 2.56 bits per heavy atom. The molecule has 1 aromatic heterocycles. The summed E-state index contributed by atoms with van der Waals surface area (Å²) in [6, 6.07) is 21.9. The molecular formula is C25H22N4O4S. The van der Waals surface area contributed by atoms with E-state index in [1.165, 1.54) is 23.9 Å². The largest absolute Gasteiger partial charge is 0.495 e. The number of amides is 1. The van der Waals surface area contributed by atoms with Crippen LogP contribution in [0.15, 0.2) is 84.1 Å². The lowest BCUT2D eigenvalue weighted by Crippen LogP contribution is -2.15. The van der Waals surface area contributed by atoms with Gasteiger partial charge in [0.25, 0.3) is 5.69 Å². The number of para-hydroxylation sites is 2. The van der Waals surface area contributed by atoms with E-state index in [0.29, 0.717) is 22.2 Å². The summed E-state index contributed by atoms with van der Waals surface area (Å²) in [5.41, 5.74) is 3.81. The number of methoxy groups -OCH3 is 1. The van der Waals surface area contributed by atoms with E-state index in [0.717, 1.165) is 16.9 Å². The third-order valence-electron chi connectivity index (χ3n) is 5.15. The average molecular weight is 475 g/mol. The van der Waals surface area contributed by atoms with Crippen molar-refractivity contribution in [2.24, 2.45) is 0 Å². The molecule has 0 bridgehead atoms. The van der Waals surface area contributed by atoms with Crippen molar-refractivity contribution in [1.82, 2.24) is 9.55 Å². The fourth-order valence-corrected chi connectivity index (χ4v) is 4.30. The number of nitro benzene ring substituents is 1. The number of benzene rings is 3. The van der Waals surface area contributed by atoms with Crippen molar-refractivity contribution in [2.75, 3.05) is 18.2 Å². The lowest BCUT2D eigenvalue weighted by Gasteiger charge is -2.15. The first-order chi connectivity index (χ1) is 16.5. The molecule has 172 valence electrons. The Hall–Kier alpha value is -4.11. The van der Waals surface area contributed by atoms with Crippen molar-refractivity contribution in [2.45, 2.75) is 12.1 Å². The Labute approximate surface area is 200 Å². The first kappa shape index (κ1) is 23.1. The number of carbonyl (C=O) groups is 1. The molecule has 0 radical (unpaired) electrons. The van der Waals surface area contributed by atoms with E-state index >= 15 is 0 Å². The summed E-state index contributed by atoms with van der Waals surface area (Å²) < 4.78 is 7.55. The number of anilines is 1. The summed E-state index contributed by atoms with van der Waals surface area (Å²) in [6.07, 6.45) is 1.78. The summed E-state index contributed by atoms with van der Waals surface area (Å²) in [6.45, 7) is 1.72. The third kappa shape index (κ3) is 4.94. The van der Waals surface area contributed by atoms with Crippen LogP contribution >= 0.6 is 11.8 Å². The number of hydrogen-bond acceptors (Lipinski definition) is 6. The molecule has 1 heterocycles. The summed E-state index contributed by atoms with van der Waals surface area (Å²) in [4.78, 5) is 27.7. The number of nitro groups is 1. The normalized spacial score (nSPS) is 10.6. The number of rotatable bonds is 8. The van der Waals surface area contributed by atoms with Crippen molar-refractivity contribution >= 4 is 29.0 Å². The van der Waals surface area contributed by atoms with E-state index in [9.17, 15) is 14.9 Å². The SMILES string of the molecule is COc1ccccc1-n1c(-c2ccccc2)cnc1SCC(=O)Nc1ccc([N+](=O)[O-])cc1C. The zero-order valence-electron chi connectivity index (χ0n) is 18.6. The van der Waals surface area contributed by atoms with Crippen LogP contribution in [0.2, 0.25) is 0 Å². The van der Waals surface area contributed by atoms with Gasteiger partial charge in [-0.3, -0.25) is 19.5 Å². The lowest BCUT2D eigenvalue weighted by molar-refractivity contribution is -0.384. The van der Waals surface area contributed by atoms with E-state index in [1.807, 2.05) is 59.2 Å². The van der Waals surface area contributed by atoms with E-state index in [4.69, 9.17) is 4.74 Å². The van der Waals surface area contributed by atoms with Crippen LogP contribution in [0.1, 0.15) is 5.56 Å². The van der Waals surface area contributed by atoms with Gasteiger partial charge in [-0.15, -0.1) is 0 Å². The highest BCUT2D eigenvalue weighted by atomic mass is 32.2. The molecule has 34 heavy (non-hydrogen) atoms. The lowest BCUT2D eigenvalue weighted by atomic mass is 10.1. The van der Waals surface area contributed by atoms with E-state index in [-0.39, 0.29) is 17.3 Å². The standard InChI is InChI=1S/C25H22N4O4S/c1-17-14-19(29(31)32)12-13-20(17)27-24(30)16-34-25-26-15-22(18-8-4-3-5-9-18)28(25)21-10-6-7-11-23(21)33-2/h3-15H,16H2,1-2H3,(H,27,30). The van der Waals surface area contributed by atoms with Crippen molar-refractivity contribution in [3.8, 4) is 22.7 Å². The predicted molar refractivity (Wildman–Crippen MR) is 133 cm³/mol. The summed E-state index contributed by atoms with van der Waals surface area (Å²) in [5, 5.41) is 14.4. The van der Waals surface area contributed by atoms with Gasteiger partial charge in [-0.25, -0.2) is 4.98 Å². The second-order valence-electron chi connectivity index (χ2n) is 7.39. The van der Waals surface area contributed by atoms with Crippen molar-refractivity contribution in [3.63, 3.8) is 0 Å². The van der Waals surface area contributed by atoms with Gasteiger partial charge in [0, 0.05) is 23.4 Å². The summed E-state index contributed by atoms with van der Waals surface area (Å²) in [7, 11) is 1.62. The van der Waals surface area contributed by atoms with E-state index < -0.39 is 4.92 Å². The summed E-state index contributed by atoms with van der Waals surface area (Å²) >= 11 is 1.29. The average Bonchev–Trinajstić information content (AvgIpc) is 3.28. The number of non-ortho nitro benzene ring substituents is 1. The zero-order valence-corrected chi connectivity index (χ0v) is 19.4. The maximum atomic E-state index is 12.7. The van der Waals surface area contributed by atoms with Crippen LogP contribution in [0, 0.1) is 17.0 Å². The van der Waals surface area contributed by atoms with Gasteiger partial charge in [0.05, 0.1) is 35.4 Å². The Balaban J connectivity index is 1.59. The third-order valence-corrected chi connectivity index (χ3v) is 6.11. The maximum absolute atomic E-state index is 12.7. The molecule has 0 unspecified atom stereocenters. The molecule has 8 nitrogen and oxygen atoms in total. The number of nitrogens with zero attached hydrogens (tertiary/aromatic N) is 3. The molecule has 3 aromatic carbocycles. The van der Waals surface area contributed by atoms with Gasteiger partial charge in [0.1, 0.15) is 5.75 Å². The highest BCUT2D eigenvalue weighted by molar-refractivity contribution is 7.99. The number of imidazole rings is 1. The Bertz CT molecular complexity index is 1340. The first-order valence-electron chi connectivity index (χ1n) is 10.4. The van der Waals surface area contributed by atoms with Gasteiger partial charge in [-0.05, 0) is 30.7 Å². The van der Waals surface area contributed by atoms with Crippen molar-refractivity contribution < 1.29 is 14.5 Å². The van der Waals surface area contributed by atoms with E-state index in [2.05, 4.69) is 10.3 Å². The van der Waals surface area contributed by atoms with Gasteiger partial charge in [0.15, 0.2) is 5.16 Å². The van der Waals surface area contributed by atoms with Crippen LogP contribution in [0.3, 0.4) is 0 Å². The maximum Gasteiger partial charge on any atom is 0.269 e. The van der Waals surface area contributed by atoms with Gasteiger partial charge in [0.2, 0.25) is 5.91 Å². The van der Waals surface area contributed by atoms with Crippen LogP contribution in [0.4, 0.5) is 11.4 Å². The molecule has 4 rings (SSSR count). The van der Waals surface area contributed by atoms with Crippen LogP contribution in [-0.4, -0.2) is 33.2 Å². The van der Waals surface area contributed by atoms with E-state index in [1.54, 1.807) is 26.3 Å². The minimum absolute atomic E-state index is 0.0165. The van der Waals surface area contributed by atoms with Crippen LogP contribution in [-0.2, 0) is 4.79 Å². The smallest absolute Gasteiger partial charge is 0.269 e. The van der Waals surface area contributed by atoms with Crippen LogP contribution in [0.5, 0.6) is 5.75 Å². The molecule has 0 fully saturated rings. The number of thioether (sulfide) groups is 1. The molecule has 0 spiro atoms. The van der Waals surface area contributed by atoms with Crippen molar-refractivity contribution in [3.05, 3.63) is 94.7 Å². The predicted octanol–water partition coefficient (Wildman–Crippen LogP) is 5.50. The molecule has 1 amide bonds. The zero-order chi connectivity index (χ0) is 24.1. The second kappa shape index (κ2) is 10.2. The fraction of sp³-hybridized carbons (Fsp3) is 0.120. The molecular weight excluding hydrogens is 452 g/mol. The van der Waals surface area contributed by atoms with Crippen molar-refractivity contribution in [1.29, 1.82) is 0 Å². The molecule has 0 aliphatic heterocycles. The molecule has 4 aromatic rings. The minimum atomic E-state index is -0.462. The molecule has 9 heteroatoms. The molecule has 0 aliphatic rings. The number of carbonyl (C=O) groups excluding carboxylic acids is 1. The number of aromatic nitrogens is 2. The molecule has 0 aliphatic carbocycles. The second-order valence-corrected chi connectivity index (χ2v) is 8.33. The molecule has 0 saturated carbocycles. The molecule has 1 N–H and O–H groups in total. The quantitative estimate of drug-likeness (QED) is 0.206.